The van der Waals surface area contributed by atoms with Gasteiger partial charge in [-0.25, -0.2) is 4.79 Å². The van der Waals surface area contributed by atoms with Crippen LogP contribution < -0.4 is 10.6 Å². The fourth-order valence-electron chi connectivity index (χ4n) is 2.96. The summed E-state index contributed by atoms with van der Waals surface area (Å²) in [5.74, 6) is -1.52. The number of alkyl carbamates (subject to hydrolysis) is 1. The highest BCUT2D eigenvalue weighted by atomic mass is 16.5. The Bertz CT molecular complexity index is 422. The molecule has 0 spiro atoms. The first-order chi connectivity index (χ1) is 9.70. The van der Waals surface area contributed by atoms with Crippen molar-refractivity contribution >= 4 is 18.0 Å². The van der Waals surface area contributed by atoms with Gasteiger partial charge in [0.25, 0.3) is 0 Å². The van der Waals surface area contributed by atoms with E-state index in [1.807, 2.05) is 20.8 Å². The largest absolute Gasteiger partial charge is 0.481 e. The van der Waals surface area contributed by atoms with Gasteiger partial charge >= 0.3 is 12.1 Å². The lowest BCUT2D eigenvalue weighted by Gasteiger charge is -2.46. The molecule has 0 aliphatic heterocycles. The van der Waals surface area contributed by atoms with Gasteiger partial charge in [-0.15, -0.1) is 0 Å². The van der Waals surface area contributed by atoms with Crippen molar-refractivity contribution in [2.24, 2.45) is 17.3 Å². The van der Waals surface area contributed by atoms with Crippen LogP contribution in [0, 0.1) is 17.3 Å². The summed E-state index contributed by atoms with van der Waals surface area (Å²) in [6.07, 6.45) is 0.473. The minimum Gasteiger partial charge on any atom is -0.481 e. The van der Waals surface area contributed by atoms with E-state index >= 15 is 0 Å². The first-order valence-corrected chi connectivity index (χ1v) is 7.04. The molecule has 0 aromatic rings. The van der Waals surface area contributed by atoms with Crippen molar-refractivity contribution in [2.75, 3.05) is 13.7 Å². The molecule has 0 saturated heterocycles. The number of imide groups is 1. The van der Waals surface area contributed by atoms with Crippen LogP contribution in [-0.2, 0) is 14.3 Å². The number of carboxylic acid groups (broad SMARTS) is 1. The Morgan fingerprint density at radius 3 is 2.43 bits per heavy atom. The second-order valence-electron chi connectivity index (χ2n) is 6.11. The highest BCUT2D eigenvalue weighted by molar-refractivity contribution is 5.92. The Morgan fingerprint density at radius 1 is 1.29 bits per heavy atom. The maximum absolute atomic E-state index is 11.5. The Labute approximate surface area is 124 Å². The molecule has 0 radical (unpaired) electrons. The zero-order chi connectivity index (χ0) is 16.2. The number of ether oxygens (including phenoxy) is 1. The number of rotatable bonds is 4. The number of nitrogens with one attached hydrogen (secondary N) is 2. The summed E-state index contributed by atoms with van der Waals surface area (Å²) in [6.45, 7) is 5.88. The van der Waals surface area contributed by atoms with Crippen LogP contribution in [0.4, 0.5) is 4.79 Å². The molecule has 3 atom stereocenters. The van der Waals surface area contributed by atoms with Gasteiger partial charge in [-0.2, -0.15) is 0 Å². The van der Waals surface area contributed by atoms with E-state index in [0.29, 0.717) is 12.8 Å². The van der Waals surface area contributed by atoms with Gasteiger partial charge < -0.3 is 15.2 Å². The van der Waals surface area contributed by atoms with Crippen molar-refractivity contribution < 1.29 is 24.2 Å². The zero-order valence-corrected chi connectivity index (χ0v) is 12.9. The van der Waals surface area contributed by atoms with Gasteiger partial charge in [0.15, 0.2) is 0 Å². The minimum absolute atomic E-state index is 0.00206. The summed E-state index contributed by atoms with van der Waals surface area (Å²) >= 11 is 0. The SMILES string of the molecule is COC(=O)NC(=O)CNC1CCC(C(=O)O)C(C)(C)C1C. The molecule has 0 heterocycles. The Kier molecular flexibility index (Phi) is 5.71. The molecule has 120 valence electrons. The van der Waals surface area contributed by atoms with Gasteiger partial charge in [0.1, 0.15) is 0 Å². The Hall–Kier alpha value is -1.63. The molecule has 2 amide bonds. The van der Waals surface area contributed by atoms with E-state index in [4.69, 9.17) is 0 Å². The number of hydrogen-bond acceptors (Lipinski definition) is 5. The highest BCUT2D eigenvalue weighted by Gasteiger charge is 2.46. The van der Waals surface area contributed by atoms with Crippen molar-refractivity contribution in [3.63, 3.8) is 0 Å². The maximum atomic E-state index is 11.5. The number of hydrogen-bond donors (Lipinski definition) is 3. The highest BCUT2D eigenvalue weighted by Crippen LogP contribution is 2.44. The fraction of sp³-hybridized carbons (Fsp3) is 0.786. The number of aliphatic carboxylic acids is 1. The lowest BCUT2D eigenvalue weighted by atomic mass is 9.61. The average molecular weight is 300 g/mol. The maximum Gasteiger partial charge on any atom is 0.413 e. The van der Waals surface area contributed by atoms with Crippen molar-refractivity contribution in [3.05, 3.63) is 0 Å². The fourth-order valence-corrected chi connectivity index (χ4v) is 2.96. The summed E-state index contributed by atoms with van der Waals surface area (Å²) in [5, 5.41) is 14.5. The van der Waals surface area contributed by atoms with Crippen LogP contribution in [-0.4, -0.2) is 42.8 Å². The lowest BCUT2D eigenvalue weighted by molar-refractivity contribution is -0.150. The smallest absolute Gasteiger partial charge is 0.413 e. The van der Waals surface area contributed by atoms with Crippen LogP contribution in [0.25, 0.3) is 0 Å². The molecule has 3 unspecified atom stereocenters. The summed E-state index contributed by atoms with van der Waals surface area (Å²) < 4.78 is 4.34. The number of carbonyl (C=O) groups excluding carboxylic acids is 2. The standard InChI is InChI=1S/C14H24N2O5/c1-8-10(15-7-11(17)16-13(20)21-4)6-5-9(12(18)19)14(8,2)3/h8-10,15H,5-7H2,1-4H3,(H,18,19)(H,16,17,20). The van der Waals surface area contributed by atoms with E-state index in [2.05, 4.69) is 15.4 Å². The molecule has 0 aromatic carbocycles. The van der Waals surface area contributed by atoms with Gasteiger partial charge in [-0.1, -0.05) is 20.8 Å². The van der Waals surface area contributed by atoms with E-state index in [0.717, 1.165) is 0 Å². The topological polar surface area (TPSA) is 105 Å². The van der Waals surface area contributed by atoms with E-state index in [-0.39, 0.29) is 29.8 Å². The number of amides is 2. The van der Waals surface area contributed by atoms with Crippen LogP contribution in [0.15, 0.2) is 0 Å². The number of carboxylic acids is 1. The Morgan fingerprint density at radius 2 is 1.90 bits per heavy atom. The van der Waals surface area contributed by atoms with Crippen LogP contribution in [0.3, 0.4) is 0 Å². The molecular weight excluding hydrogens is 276 g/mol. The summed E-state index contributed by atoms with van der Waals surface area (Å²) in [7, 11) is 1.19. The normalized spacial score (nSPS) is 27.7. The summed E-state index contributed by atoms with van der Waals surface area (Å²) in [5.41, 5.74) is -0.361. The molecule has 21 heavy (non-hydrogen) atoms. The van der Waals surface area contributed by atoms with E-state index in [9.17, 15) is 19.5 Å². The molecule has 1 saturated carbocycles. The Balaban J connectivity index is 2.57. The predicted molar refractivity (Wildman–Crippen MR) is 75.6 cm³/mol. The van der Waals surface area contributed by atoms with Crippen LogP contribution in [0.2, 0.25) is 0 Å². The summed E-state index contributed by atoms with van der Waals surface area (Å²) in [6, 6.07) is 0.0407. The van der Waals surface area contributed by atoms with Gasteiger partial charge in [0.2, 0.25) is 5.91 Å². The molecule has 7 heteroatoms. The van der Waals surface area contributed by atoms with Crippen molar-refractivity contribution in [1.82, 2.24) is 10.6 Å². The van der Waals surface area contributed by atoms with Gasteiger partial charge in [0, 0.05) is 6.04 Å². The van der Waals surface area contributed by atoms with Crippen LogP contribution in [0.5, 0.6) is 0 Å². The monoisotopic (exact) mass is 300 g/mol. The molecule has 0 bridgehead atoms. The minimum atomic E-state index is -0.787. The summed E-state index contributed by atoms with van der Waals surface area (Å²) in [4.78, 5) is 33.7. The third-order valence-electron chi connectivity index (χ3n) is 4.69. The van der Waals surface area contributed by atoms with Gasteiger partial charge in [0.05, 0.1) is 19.6 Å². The zero-order valence-electron chi connectivity index (χ0n) is 12.9. The number of carbonyl (C=O) groups is 3. The van der Waals surface area contributed by atoms with Crippen molar-refractivity contribution in [2.45, 2.75) is 39.7 Å². The molecule has 1 aliphatic rings. The lowest BCUT2D eigenvalue weighted by Crippen LogP contribution is -2.52. The van der Waals surface area contributed by atoms with Crippen LogP contribution in [0.1, 0.15) is 33.6 Å². The van der Waals surface area contributed by atoms with Crippen LogP contribution >= 0.6 is 0 Å². The van der Waals surface area contributed by atoms with E-state index < -0.39 is 18.0 Å². The van der Waals surface area contributed by atoms with Crippen molar-refractivity contribution in [1.29, 1.82) is 0 Å². The molecular formula is C14H24N2O5. The second kappa shape index (κ2) is 6.89. The third-order valence-corrected chi connectivity index (χ3v) is 4.69. The first-order valence-electron chi connectivity index (χ1n) is 7.04. The van der Waals surface area contributed by atoms with E-state index in [1.54, 1.807) is 0 Å². The average Bonchev–Trinajstić information content (AvgIpc) is 2.39. The van der Waals surface area contributed by atoms with Crippen molar-refractivity contribution in [3.8, 4) is 0 Å². The quantitative estimate of drug-likeness (QED) is 0.715. The molecule has 0 aromatic heterocycles. The first kappa shape index (κ1) is 17.4. The molecule has 1 rings (SSSR count). The predicted octanol–water partition coefficient (Wildman–Crippen LogP) is 0.984. The van der Waals surface area contributed by atoms with Gasteiger partial charge in [-0.05, 0) is 24.2 Å². The third kappa shape index (κ3) is 4.17. The molecule has 7 nitrogen and oxygen atoms in total. The molecule has 1 fully saturated rings. The van der Waals surface area contributed by atoms with Gasteiger partial charge in [-0.3, -0.25) is 14.9 Å². The second-order valence-corrected chi connectivity index (χ2v) is 6.11. The van der Waals surface area contributed by atoms with E-state index in [1.165, 1.54) is 7.11 Å². The molecule has 3 N–H and O–H groups in total. The molecule has 1 aliphatic carbocycles. The number of methoxy groups -OCH3 is 1.